The second kappa shape index (κ2) is 7.41. The van der Waals surface area contributed by atoms with Crippen LogP contribution in [0.15, 0.2) is 23.3 Å². The molecule has 0 spiro atoms. The van der Waals surface area contributed by atoms with Gasteiger partial charge in [0.1, 0.15) is 11.5 Å². The Labute approximate surface area is 113 Å². The smallest absolute Gasteiger partial charge is 0.271 e. The number of nitrogens with zero attached hydrogens (tertiary/aromatic N) is 1. The number of hydrazone groups is 1. The van der Waals surface area contributed by atoms with E-state index >= 15 is 0 Å². The van der Waals surface area contributed by atoms with Gasteiger partial charge in [-0.25, -0.2) is 5.43 Å². The third-order valence-corrected chi connectivity index (χ3v) is 2.75. The van der Waals surface area contributed by atoms with Gasteiger partial charge in [0.15, 0.2) is 0 Å². The molecular weight excluding hydrogens is 244 g/mol. The molecule has 1 aromatic rings. The van der Waals surface area contributed by atoms with Crippen molar-refractivity contribution in [2.24, 2.45) is 5.10 Å². The van der Waals surface area contributed by atoms with Gasteiger partial charge in [0, 0.05) is 17.3 Å². The maximum absolute atomic E-state index is 12.0. The Bertz CT molecular complexity index is 442. The minimum absolute atomic E-state index is 0.281. The lowest BCUT2D eigenvalue weighted by Crippen LogP contribution is -2.19. The molecule has 0 aliphatic carbocycles. The summed E-state index contributed by atoms with van der Waals surface area (Å²) in [5, 5.41) is 4.08. The molecule has 0 aliphatic rings. The lowest BCUT2D eigenvalue weighted by Gasteiger charge is -2.08. The molecule has 1 rings (SSSR count). The summed E-state index contributed by atoms with van der Waals surface area (Å²) in [6, 6.07) is 5.00. The highest BCUT2D eigenvalue weighted by Gasteiger charge is 2.09. The Morgan fingerprint density at radius 3 is 2.05 bits per heavy atom. The Balaban J connectivity index is 2.90. The molecule has 19 heavy (non-hydrogen) atoms. The fourth-order valence-corrected chi connectivity index (χ4v) is 1.54. The number of carbonyl (C=O) groups is 1. The summed E-state index contributed by atoms with van der Waals surface area (Å²) in [6.45, 7) is 4.01. The third-order valence-electron chi connectivity index (χ3n) is 2.75. The van der Waals surface area contributed by atoms with Gasteiger partial charge >= 0.3 is 0 Å². The van der Waals surface area contributed by atoms with Gasteiger partial charge in [-0.3, -0.25) is 4.79 Å². The molecule has 0 fully saturated rings. The number of ether oxygens (including phenoxy) is 2. The van der Waals surface area contributed by atoms with Gasteiger partial charge in [0.2, 0.25) is 0 Å². The normalized spacial score (nSPS) is 9.68. The van der Waals surface area contributed by atoms with Crippen molar-refractivity contribution in [3.8, 4) is 11.5 Å². The van der Waals surface area contributed by atoms with Crippen LogP contribution >= 0.6 is 0 Å². The second-order valence-corrected chi connectivity index (χ2v) is 3.93. The molecule has 0 radical (unpaired) electrons. The van der Waals surface area contributed by atoms with Crippen molar-refractivity contribution in [2.45, 2.75) is 26.7 Å². The molecule has 5 heteroatoms. The Hall–Kier alpha value is -2.04. The number of amides is 1. The van der Waals surface area contributed by atoms with Crippen LogP contribution in [0.2, 0.25) is 0 Å². The van der Waals surface area contributed by atoms with Crippen molar-refractivity contribution in [1.82, 2.24) is 5.43 Å². The van der Waals surface area contributed by atoms with Crippen LogP contribution in [0.3, 0.4) is 0 Å². The minimum atomic E-state index is -0.281. The summed E-state index contributed by atoms with van der Waals surface area (Å²) >= 11 is 0. The van der Waals surface area contributed by atoms with Crippen molar-refractivity contribution in [3.05, 3.63) is 23.8 Å². The van der Waals surface area contributed by atoms with Gasteiger partial charge in [0.05, 0.1) is 14.2 Å². The highest BCUT2D eigenvalue weighted by atomic mass is 16.5. The zero-order valence-corrected chi connectivity index (χ0v) is 11.8. The first-order chi connectivity index (χ1) is 9.14. The molecule has 104 valence electrons. The molecule has 0 heterocycles. The van der Waals surface area contributed by atoms with E-state index in [-0.39, 0.29) is 5.91 Å². The van der Waals surface area contributed by atoms with E-state index in [1.54, 1.807) is 32.4 Å². The first kappa shape index (κ1) is 15.0. The van der Waals surface area contributed by atoms with Gasteiger partial charge in [0.25, 0.3) is 5.91 Å². The van der Waals surface area contributed by atoms with Gasteiger partial charge in [-0.1, -0.05) is 13.8 Å². The number of benzene rings is 1. The van der Waals surface area contributed by atoms with Gasteiger partial charge < -0.3 is 9.47 Å². The summed E-state index contributed by atoms with van der Waals surface area (Å²) in [4.78, 5) is 12.0. The highest BCUT2D eigenvalue weighted by Crippen LogP contribution is 2.22. The number of hydrogen-bond donors (Lipinski definition) is 1. The lowest BCUT2D eigenvalue weighted by atomic mass is 10.2. The van der Waals surface area contributed by atoms with Crippen LogP contribution in [0, 0.1) is 0 Å². The minimum Gasteiger partial charge on any atom is -0.497 e. The predicted molar refractivity (Wildman–Crippen MR) is 75.0 cm³/mol. The molecule has 0 unspecified atom stereocenters. The van der Waals surface area contributed by atoms with Gasteiger partial charge in [-0.2, -0.15) is 5.10 Å². The van der Waals surface area contributed by atoms with Crippen molar-refractivity contribution < 1.29 is 14.3 Å². The van der Waals surface area contributed by atoms with Crippen LogP contribution in [-0.2, 0) is 0 Å². The van der Waals surface area contributed by atoms with Crippen LogP contribution in [0.25, 0.3) is 0 Å². The summed E-state index contributed by atoms with van der Waals surface area (Å²) in [5.41, 5.74) is 3.94. The van der Waals surface area contributed by atoms with Crippen molar-refractivity contribution in [1.29, 1.82) is 0 Å². The maximum atomic E-state index is 12.0. The van der Waals surface area contributed by atoms with E-state index < -0.39 is 0 Å². The molecule has 1 amide bonds. The van der Waals surface area contributed by atoms with Crippen LogP contribution in [0.4, 0.5) is 0 Å². The molecule has 0 bridgehead atoms. The fraction of sp³-hybridized carbons (Fsp3) is 0.429. The van der Waals surface area contributed by atoms with Crippen molar-refractivity contribution in [3.63, 3.8) is 0 Å². The van der Waals surface area contributed by atoms with Crippen molar-refractivity contribution >= 4 is 11.6 Å². The lowest BCUT2D eigenvalue weighted by molar-refractivity contribution is 0.0954. The van der Waals surface area contributed by atoms with E-state index in [4.69, 9.17) is 9.47 Å². The standard InChI is InChI=1S/C14H20N2O3/c1-5-11(6-2)15-16-14(17)10-7-12(18-3)9-13(8-10)19-4/h7-9H,5-6H2,1-4H3,(H,16,17). The zero-order valence-electron chi connectivity index (χ0n) is 11.8. The van der Waals surface area contributed by atoms with Crippen LogP contribution in [-0.4, -0.2) is 25.8 Å². The number of methoxy groups -OCH3 is 2. The Morgan fingerprint density at radius 2 is 1.63 bits per heavy atom. The molecule has 0 aromatic heterocycles. The molecule has 1 aromatic carbocycles. The third kappa shape index (κ3) is 4.28. The van der Waals surface area contributed by atoms with E-state index in [2.05, 4.69) is 10.5 Å². The summed E-state index contributed by atoms with van der Waals surface area (Å²) in [5.74, 6) is 0.857. The summed E-state index contributed by atoms with van der Waals surface area (Å²) in [6.07, 6.45) is 1.64. The quantitative estimate of drug-likeness (QED) is 0.634. The molecule has 0 atom stereocenters. The maximum Gasteiger partial charge on any atom is 0.271 e. The topological polar surface area (TPSA) is 59.9 Å². The monoisotopic (exact) mass is 264 g/mol. The number of carbonyl (C=O) groups excluding carboxylic acids is 1. The van der Waals surface area contributed by atoms with E-state index in [0.717, 1.165) is 18.6 Å². The number of hydrogen-bond acceptors (Lipinski definition) is 4. The zero-order chi connectivity index (χ0) is 14.3. The molecule has 5 nitrogen and oxygen atoms in total. The van der Waals surface area contributed by atoms with E-state index in [1.165, 1.54) is 0 Å². The number of rotatable bonds is 6. The predicted octanol–water partition coefficient (Wildman–Crippen LogP) is 2.61. The summed E-state index contributed by atoms with van der Waals surface area (Å²) in [7, 11) is 3.09. The van der Waals surface area contributed by atoms with Crippen LogP contribution in [0.1, 0.15) is 37.0 Å². The van der Waals surface area contributed by atoms with Crippen molar-refractivity contribution in [2.75, 3.05) is 14.2 Å². The summed E-state index contributed by atoms with van der Waals surface area (Å²) < 4.78 is 10.2. The first-order valence-electron chi connectivity index (χ1n) is 6.23. The van der Waals surface area contributed by atoms with Crippen LogP contribution < -0.4 is 14.9 Å². The average Bonchev–Trinajstić information content (AvgIpc) is 2.47. The van der Waals surface area contributed by atoms with E-state index in [1.807, 2.05) is 13.8 Å². The van der Waals surface area contributed by atoms with Crippen LogP contribution in [0.5, 0.6) is 11.5 Å². The molecule has 0 saturated heterocycles. The Morgan fingerprint density at radius 1 is 1.11 bits per heavy atom. The van der Waals surface area contributed by atoms with E-state index in [0.29, 0.717) is 17.1 Å². The fourth-order valence-electron chi connectivity index (χ4n) is 1.54. The molecule has 1 N–H and O–H groups in total. The number of nitrogens with one attached hydrogen (secondary N) is 1. The van der Waals surface area contributed by atoms with Gasteiger partial charge in [-0.15, -0.1) is 0 Å². The molecular formula is C14H20N2O3. The Kier molecular flexibility index (Phi) is 5.85. The highest BCUT2D eigenvalue weighted by molar-refractivity contribution is 5.96. The second-order valence-electron chi connectivity index (χ2n) is 3.93. The van der Waals surface area contributed by atoms with Gasteiger partial charge in [-0.05, 0) is 25.0 Å². The molecule has 0 saturated carbocycles. The molecule has 0 aliphatic heterocycles. The average molecular weight is 264 g/mol. The first-order valence-corrected chi connectivity index (χ1v) is 6.23. The SMILES string of the molecule is CCC(CC)=NNC(=O)c1cc(OC)cc(OC)c1. The van der Waals surface area contributed by atoms with E-state index in [9.17, 15) is 4.79 Å². The largest absolute Gasteiger partial charge is 0.497 e.